The Kier molecular flexibility index (Phi) is 12.6. The molecule has 0 saturated carbocycles. The Morgan fingerprint density at radius 3 is 2.43 bits per heavy atom. The van der Waals surface area contributed by atoms with E-state index in [1.165, 1.54) is 25.0 Å². The molecule has 14 heavy (non-hydrogen) atoms. The molecule has 0 amide bonds. The molecule has 82 valence electrons. The summed E-state index contributed by atoms with van der Waals surface area (Å²) in [6.07, 6.45) is 9.01. The maximum atomic E-state index is 8.32. The van der Waals surface area contributed by atoms with E-state index in [9.17, 15) is 0 Å². The van der Waals surface area contributed by atoms with Crippen molar-refractivity contribution in [2.45, 2.75) is 38.5 Å². The molecule has 0 unspecified atom stereocenters. The summed E-state index contributed by atoms with van der Waals surface area (Å²) in [6.45, 7) is 2.21. The highest BCUT2D eigenvalue weighted by Gasteiger charge is 1.90. The van der Waals surface area contributed by atoms with Crippen LogP contribution in [0.3, 0.4) is 0 Å². The van der Waals surface area contributed by atoms with Crippen LogP contribution in [0, 0.1) is 11.3 Å². The minimum absolute atomic E-state index is 0.704. The van der Waals surface area contributed by atoms with E-state index in [0.717, 1.165) is 25.9 Å². The average Bonchev–Trinajstić information content (AvgIpc) is 2.21. The maximum Gasteiger partial charge on any atom is 0.0621 e. The summed E-state index contributed by atoms with van der Waals surface area (Å²) in [5.41, 5.74) is 0. The normalized spacial score (nSPS) is 10.0. The molecule has 0 aromatic rings. The average molecular weight is 214 g/mol. The Hall–Kier alpha value is -0.200. The van der Waals surface area contributed by atoms with Gasteiger partial charge in [-0.2, -0.15) is 17.0 Å². The van der Waals surface area contributed by atoms with E-state index in [4.69, 9.17) is 5.26 Å². The lowest BCUT2D eigenvalue weighted by atomic mass is 10.2. The van der Waals surface area contributed by atoms with E-state index < -0.39 is 0 Å². The zero-order valence-corrected chi connectivity index (χ0v) is 10.0. The van der Waals surface area contributed by atoms with E-state index in [-0.39, 0.29) is 0 Å². The predicted octanol–water partition coefficient (Wildman–Crippen LogP) is 2.80. The third-order valence-corrected chi connectivity index (χ3v) is 2.79. The van der Waals surface area contributed by atoms with Crippen LogP contribution in [0.25, 0.3) is 0 Å². The van der Waals surface area contributed by atoms with Gasteiger partial charge >= 0.3 is 0 Å². The summed E-state index contributed by atoms with van der Waals surface area (Å²) in [5, 5.41) is 11.7. The molecule has 0 radical (unpaired) electrons. The number of rotatable bonds is 10. The van der Waals surface area contributed by atoms with Gasteiger partial charge in [-0.3, -0.25) is 0 Å². The fourth-order valence-corrected chi connectivity index (χ4v) is 1.75. The van der Waals surface area contributed by atoms with Crippen molar-refractivity contribution >= 4 is 11.8 Å². The summed E-state index contributed by atoms with van der Waals surface area (Å²) >= 11 is 1.93. The van der Waals surface area contributed by atoms with Crippen molar-refractivity contribution < 1.29 is 0 Å². The number of hydrogen-bond acceptors (Lipinski definition) is 3. The summed E-state index contributed by atoms with van der Waals surface area (Å²) in [5.74, 6) is 1.29. The SMILES string of the molecule is CSCCCCCNCCCCC#N. The molecule has 3 heteroatoms. The number of nitrogens with zero attached hydrogens (tertiary/aromatic N) is 1. The van der Waals surface area contributed by atoms with Crippen LogP contribution < -0.4 is 5.32 Å². The van der Waals surface area contributed by atoms with Crippen LogP contribution in [-0.2, 0) is 0 Å². The Labute approximate surface area is 92.5 Å². The van der Waals surface area contributed by atoms with Crippen molar-refractivity contribution in [3.63, 3.8) is 0 Å². The highest BCUT2D eigenvalue weighted by atomic mass is 32.2. The lowest BCUT2D eigenvalue weighted by Gasteiger charge is -2.03. The first-order chi connectivity index (χ1) is 6.91. The lowest BCUT2D eigenvalue weighted by molar-refractivity contribution is 0.590. The van der Waals surface area contributed by atoms with Crippen molar-refractivity contribution in [1.29, 1.82) is 5.26 Å². The quantitative estimate of drug-likeness (QED) is 0.568. The van der Waals surface area contributed by atoms with Gasteiger partial charge in [-0.25, -0.2) is 0 Å². The zero-order valence-electron chi connectivity index (χ0n) is 9.22. The molecule has 0 fully saturated rings. The molecule has 0 aliphatic rings. The van der Waals surface area contributed by atoms with Gasteiger partial charge in [-0.15, -0.1) is 0 Å². The highest BCUT2D eigenvalue weighted by Crippen LogP contribution is 2.01. The summed E-state index contributed by atoms with van der Waals surface area (Å²) in [4.78, 5) is 0. The molecule has 0 atom stereocenters. The van der Waals surface area contributed by atoms with Crippen LogP contribution in [0.4, 0.5) is 0 Å². The standard InChI is InChI=1S/C11H22N2S/c1-14-11-7-3-6-10-13-9-5-2-4-8-12/h13H,2-7,9-11H2,1H3. The predicted molar refractivity (Wildman–Crippen MR) is 64.6 cm³/mol. The molecule has 2 nitrogen and oxygen atoms in total. The first-order valence-corrected chi connectivity index (χ1v) is 6.88. The molecule has 0 aromatic heterocycles. The second-order valence-electron chi connectivity index (χ2n) is 3.42. The van der Waals surface area contributed by atoms with Crippen molar-refractivity contribution in [3.05, 3.63) is 0 Å². The third kappa shape index (κ3) is 11.8. The maximum absolute atomic E-state index is 8.32. The second-order valence-corrected chi connectivity index (χ2v) is 4.40. The highest BCUT2D eigenvalue weighted by molar-refractivity contribution is 7.98. The molecule has 0 bridgehead atoms. The van der Waals surface area contributed by atoms with Gasteiger partial charge < -0.3 is 5.32 Å². The molecule has 0 rings (SSSR count). The fraction of sp³-hybridized carbons (Fsp3) is 0.909. The van der Waals surface area contributed by atoms with Crippen molar-refractivity contribution in [1.82, 2.24) is 5.32 Å². The minimum atomic E-state index is 0.704. The number of nitrogens with one attached hydrogen (secondary N) is 1. The van der Waals surface area contributed by atoms with Crippen LogP contribution in [0.15, 0.2) is 0 Å². The number of hydrogen-bond donors (Lipinski definition) is 1. The fourth-order valence-electron chi connectivity index (χ4n) is 1.25. The Morgan fingerprint density at radius 2 is 1.79 bits per heavy atom. The number of thioether (sulfide) groups is 1. The lowest BCUT2D eigenvalue weighted by Crippen LogP contribution is -2.16. The van der Waals surface area contributed by atoms with Crippen LogP contribution in [0.2, 0.25) is 0 Å². The monoisotopic (exact) mass is 214 g/mol. The minimum Gasteiger partial charge on any atom is -0.317 e. The molecule has 0 spiro atoms. The zero-order chi connectivity index (χ0) is 10.5. The van der Waals surface area contributed by atoms with Crippen molar-refractivity contribution in [2.24, 2.45) is 0 Å². The van der Waals surface area contributed by atoms with E-state index >= 15 is 0 Å². The van der Waals surface area contributed by atoms with E-state index in [1.54, 1.807) is 0 Å². The first kappa shape index (κ1) is 13.8. The Bertz CT molecular complexity index is 143. The van der Waals surface area contributed by atoms with Crippen molar-refractivity contribution in [3.8, 4) is 6.07 Å². The first-order valence-electron chi connectivity index (χ1n) is 5.48. The van der Waals surface area contributed by atoms with Gasteiger partial charge in [0.1, 0.15) is 0 Å². The smallest absolute Gasteiger partial charge is 0.0621 e. The molecule has 0 aliphatic carbocycles. The van der Waals surface area contributed by atoms with E-state index in [1.807, 2.05) is 11.8 Å². The van der Waals surface area contributed by atoms with E-state index in [0.29, 0.717) is 6.42 Å². The van der Waals surface area contributed by atoms with Gasteiger partial charge in [0.05, 0.1) is 6.07 Å². The molecule has 0 aliphatic heterocycles. The summed E-state index contributed by atoms with van der Waals surface area (Å²) in [6, 6.07) is 2.16. The van der Waals surface area contributed by atoms with Gasteiger partial charge in [0.15, 0.2) is 0 Å². The summed E-state index contributed by atoms with van der Waals surface area (Å²) in [7, 11) is 0. The summed E-state index contributed by atoms with van der Waals surface area (Å²) < 4.78 is 0. The van der Waals surface area contributed by atoms with Gasteiger partial charge in [0.2, 0.25) is 0 Å². The number of nitriles is 1. The Morgan fingerprint density at radius 1 is 1.07 bits per heavy atom. The molecular weight excluding hydrogens is 192 g/mol. The topological polar surface area (TPSA) is 35.8 Å². The Balaban J connectivity index is 2.82. The van der Waals surface area contributed by atoms with Gasteiger partial charge in [-0.1, -0.05) is 6.42 Å². The van der Waals surface area contributed by atoms with Crippen LogP contribution in [0.1, 0.15) is 38.5 Å². The molecule has 0 saturated heterocycles. The molecular formula is C11H22N2S. The largest absolute Gasteiger partial charge is 0.317 e. The molecule has 1 N–H and O–H groups in total. The van der Waals surface area contributed by atoms with Crippen LogP contribution in [-0.4, -0.2) is 25.1 Å². The van der Waals surface area contributed by atoms with Gasteiger partial charge in [0.25, 0.3) is 0 Å². The van der Waals surface area contributed by atoms with Crippen LogP contribution in [0.5, 0.6) is 0 Å². The number of unbranched alkanes of at least 4 members (excludes halogenated alkanes) is 4. The van der Waals surface area contributed by atoms with Gasteiger partial charge in [-0.05, 0) is 50.8 Å². The third-order valence-electron chi connectivity index (χ3n) is 2.09. The van der Waals surface area contributed by atoms with Crippen molar-refractivity contribution in [2.75, 3.05) is 25.1 Å². The van der Waals surface area contributed by atoms with Gasteiger partial charge in [0, 0.05) is 6.42 Å². The second kappa shape index (κ2) is 12.8. The molecule has 0 aromatic carbocycles. The molecule has 0 heterocycles. The van der Waals surface area contributed by atoms with E-state index in [2.05, 4.69) is 17.6 Å². The van der Waals surface area contributed by atoms with Crippen LogP contribution >= 0.6 is 11.8 Å².